The molecule has 2 heterocycles. The fourth-order valence-corrected chi connectivity index (χ4v) is 4.34. The van der Waals surface area contributed by atoms with Gasteiger partial charge in [-0.05, 0) is 54.7 Å². The van der Waals surface area contributed by atoms with Crippen molar-refractivity contribution in [2.75, 3.05) is 18.0 Å². The second-order valence-electron chi connectivity index (χ2n) is 9.69. The molecule has 3 rings (SSSR count). The van der Waals surface area contributed by atoms with E-state index in [2.05, 4.69) is 52.5 Å². The Kier molecular flexibility index (Phi) is 5.44. The lowest BCUT2D eigenvalue weighted by molar-refractivity contribution is 0.237. The van der Waals surface area contributed by atoms with E-state index in [0.29, 0.717) is 5.41 Å². The maximum Gasteiger partial charge on any atom is 0.260 e. The largest absolute Gasteiger partial charge is 0.356 e. The number of piperidine rings is 1. The van der Waals surface area contributed by atoms with Crippen LogP contribution in [0.25, 0.3) is 5.69 Å². The first-order valence-electron chi connectivity index (χ1n) is 10.5. The zero-order valence-corrected chi connectivity index (χ0v) is 18.6. The zero-order chi connectivity index (χ0) is 20.7. The van der Waals surface area contributed by atoms with Crippen molar-refractivity contribution in [3.05, 3.63) is 51.6 Å². The van der Waals surface area contributed by atoms with E-state index in [-0.39, 0.29) is 11.0 Å². The van der Waals surface area contributed by atoms with Crippen LogP contribution in [0.1, 0.15) is 70.8 Å². The first kappa shape index (κ1) is 20.6. The number of rotatable bonds is 3. The number of aryl methyl sites for hydroxylation is 1. The zero-order valence-electron chi connectivity index (χ0n) is 18.6. The molecule has 1 aromatic heterocycles. The summed E-state index contributed by atoms with van der Waals surface area (Å²) in [5.74, 6) is 1.57. The van der Waals surface area contributed by atoms with Crippen molar-refractivity contribution >= 4 is 5.82 Å². The fraction of sp³-hybridized carbons (Fsp3) is 0.583. The van der Waals surface area contributed by atoms with Crippen molar-refractivity contribution in [2.45, 2.75) is 73.1 Å². The van der Waals surface area contributed by atoms with Crippen molar-refractivity contribution in [3.63, 3.8) is 0 Å². The predicted molar refractivity (Wildman–Crippen MR) is 118 cm³/mol. The minimum absolute atomic E-state index is 0.000450. The van der Waals surface area contributed by atoms with E-state index in [9.17, 15) is 4.79 Å². The number of anilines is 1. The molecule has 1 aliphatic rings. The maximum absolute atomic E-state index is 13.1. The molecule has 1 fully saturated rings. The van der Waals surface area contributed by atoms with Crippen LogP contribution in [0.15, 0.2) is 29.1 Å². The summed E-state index contributed by atoms with van der Waals surface area (Å²) in [6.07, 6.45) is 3.51. The van der Waals surface area contributed by atoms with Crippen LogP contribution in [-0.2, 0) is 5.41 Å². The third-order valence-corrected chi connectivity index (χ3v) is 6.58. The second kappa shape index (κ2) is 7.38. The molecule has 4 nitrogen and oxygen atoms in total. The summed E-state index contributed by atoms with van der Waals surface area (Å²) in [7, 11) is 0. The predicted octanol–water partition coefficient (Wildman–Crippen LogP) is 5.16. The van der Waals surface area contributed by atoms with Gasteiger partial charge in [0.25, 0.3) is 5.56 Å². The van der Waals surface area contributed by atoms with E-state index < -0.39 is 0 Å². The molecule has 0 spiro atoms. The highest BCUT2D eigenvalue weighted by atomic mass is 16.1. The summed E-state index contributed by atoms with van der Waals surface area (Å²) >= 11 is 0. The van der Waals surface area contributed by atoms with Crippen LogP contribution >= 0.6 is 0 Å². The van der Waals surface area contributed by atoms with E-state index in [1.165, 1.54) is 12.0 Å². The topological polar surface area (TPSA) is 38.1 Å². The number of hydrogen-bond donors (Lipinski definition) is 0. The highest BCUT2D eigenvalue weighted by molar-refractivity contribution is 5.49. The second-order valence-corrected chi connectivity index (χ2v) is 9.69. The SMILES string of the molecule is CCC1(C)CCN(c2cc(=O)n(-c3cccc(C(C)(C)C)c3C)c(C)n2)CC1. The molecule has 152 valence electrons. The monoisotopic (exact) mass is 381 g/mol. The molecule has 1 aliphatic heterocycles. The molecule has 4 heteroatoms. The van der Waals surface area contributed by atoms with Crippen LogP contribution in [0.5, 0.6) is 0 Å². The minimum atomic E-state index is 0.000450. The van der Waals surface area contributed by atoms with Crippen molar-refractivity contribution in [1.82, 2.24) is 9.55 Å². The van der Waals surface area contributed by atoms with Crippen LogP contribution in [0, 0.1) is 19.3 Å². The Morgan fingerprint density at radius 3 is 2.32 bits per heavy atom. The third-order valence-electron chi connectivity index (χ3n) is 6.58. The van der Waals surface area contributed by atoms with Gasteiger partial charge in [-0.1, -0.05) is 53.2 Å². The first-order chi connectivity index (χ1) is 13.1. The summed E-state index contributed by atoms with van der Waals surface area (Å²) in [4.78, 5) is 20.2. The fourth-order valence-electron chi connectivity index (χ4n) is 4.34. The smallest absolute Gasteiger partial charge is 0.260 e. The Labute approximate surface area is 169 Å². The Morgan fingerprint density at radius 2 is 1.79 bits per heavy atom. The molecule has 28 heavy (non-hydrogen) atoms. The van der Waals surface area contributed by atoms with Crippen LogP contribution < -0.4 is 10.5 Å². The van der Waals surface area contributed by atoms with Crippen molar-refractivity contribution < 1.29 is 0 Å². The highest BCUT2D eigenvalue weighted by Crippen LogP contribution is 2.35. The van der Waals surface area contributed by atoms with Gasteiger partial charge < -0.3 is 4.90 Å². The number of hydrogen-bond acceptors (Lipinski definition) is 3. The van der Waals surface area contributed by atoms with Crippen molar-refractivity contribution in [1.29, 1.82) is 0 Å². The van der Waals surface area contributed by atoms with Gasteiger partial charge in [0.15, 0.2) is 0 Å². The van der Waals surface area contributed by atoms with Gasteiger partial charge in [0.1, 0.15) is 11.6 Å². The van der Waals surface area contributed by atoms with E-state index in [1.807, 2.05) is 19.1 Å². The van der Waals surface area contributed by atoms with Crippen molar-refractivity contribution in [3.8, 4) is 5.69 Å². The van der Waals surface area contributed by atoms with Gasteiger partial charge in [-0.15, -0.1) is 0 Å². The summed E-state index contributed by atoms with van der Waals surface area (Å²) in [6.45, 7) is 17.2. The van der Waals surface area contributed by atoms with Gasteiger partial charge in [0.05, 0.1) is 5.69 Å². The molecule has 2 aromatic rings. The minimum Gasteiger partial charge on any atom is -0.356 e. The molecule has 0 amide bonds. The van der Waals surface area contributed by atoms with Crippen LogP contribution in [-0.4, -0.2) is 22.6 Å². The van der Waals surface area contributed by atoms with Gasteiger partial charge >= 0.3 is 0 Å². The molecule has 0 aliphatic carbocycles. The lowest BCUT2D eigenvalue weighted by Crippen LogP contribution is -2.40. The van der Waals surface area contributed by atoms with Gasteiger partial charge in [-0.2, -0.15) is 0 Å². The molecule has 0 unspecified atom stereocenters. The third kappa shape index (κ3) is 3.87. The van der Waals surface area contributed by atoms with Crippen LogP contribution in [0.4, 0.5) is 5.82 Å². The Bertz CT molecular complexity index is 912. The van der Waals surface area contributed by atoms with E-state index in [0.717, 1.165) is 48.8 Å². The summed E-state index contributed by atoms with van der Waals surface area (Å²) < 4.78 is 1.76. The number of benzene rings is 1. The normalized spacial score (nSPS) is 17.0. The lowest BCUT2D eigenvalue weighted by atomic mass is 9.78. The van der Waals surface area contributed by atoms with Crippen LogP contribution in [0.3, 0.4) is 0 Å². The Balaban J connectivity index is 1.98. The number of nitrogens with zero attached hydrogens (tertiary/aromatic N) is 3. The average Bonchev–Trinajstić information content (AvgIpc) is 2.62. The molecular weight excluding hydrogens is 346 g/mol. The van der Waals surface area contributed by atoms with E-state index >= 15 is 0 Å². The average molecular weight is 382 g/mol. The quantitative estimate of drug-likeness (QED) is 0.737. The standard InChI is InChI=1S/C24H35N3O/c1-8-24(7)12-14-26(15-13-24)21-16-22(28)27(18(3)25-21)20-11-9-10-19(17(20)2)23(4,5)6/h9-11,16H,8,12-15H2,1-7H3. The van der Waals surface area contributed by atoms with Crippen molar-refractivity contribution in [2.24, 2.45) is 5.41 Å². The first-order valence-corrected chi connectivity index (χ1v) is 10.5. The Hall–Kier alpha value is -2.10. The maximum atomic E-state index is 13.1. The number of aromatic nitrogens is 2. The highest BCUT2D eigenvalue weighted by Gasteiger charge is 2.29. The molecule has 0 atom stereocenters. The molecular formula is C24H35N3O. The molecule has 1 aromatic carbocycles. The summed E-state index contributed by atoms with van der Waals surface area (Å²) in [5, 5.41) is 0. The molecule has 0 bridgehead atoms. The van der Waals surface area contributed by atoms with Gasteiger partial charge in [0, 0.05) is 19.2 Å². The van der Waals surface area contributed by atoms with Crippen LogP contribution in [0.2, 0.25) is 0 Å². The van der Waals surface area contributed by atoms with Gasteiger partial charge in [-0.3, -0.25) is 9.36 Å². The molecule has 0 radical (unpaired) electrons. The summed E-state index contributed by atoms with van der Waals surface area (Å²) in [5.41, 5.74) is 3.80. The summed E-state index contributed by atoms with van der Waals surface area (Å²) in [6, 6.07) is 7.93. The Morgan fingerprint density at radius 1 is 1.14 bits per heavy atom. The van der Waals surface area contributed by atoms with E-state index in [1.54, 1.807) is 10.6 Å². The molecule has 1 saturated heterocycles. The molecule has 0 N–H and O–H groups in total. The van der Waals surface area contributed by atoms with Gasteiger partial charge in [-0.25, -0.2) is 4.98 Å². The molecule has 0 saturated carbocycles. The van der Waals surface area contributed by atoms with Gasteiger partial charge in [0.2, 0.25) is 0 Å². The van der Waals surface area contributed by atoms with E-state index in [4.69, 9.17) is 4.98 Å². The lowest BCUT2D eigenvalue weighted by Gasteiger charge is -2.39.